The van der Waals surface area contributed by atoms with Crippen LogP contribution in [0.4, 0.5) is 0 Å². The summed E-state index contributed by atoms with van der Waals surface area (Å²) in [5.74, 6) is -0.121. The van der Waals surface area contributed by atoms with Gasteiger partial charge in [-0.25, -0.2) is 0 Å². The molecule has 5 heteroatoms. The zero-order chi connectivity index (χ0) is 13.6. The molecule has 106 valence electrons. The van der Waals surface area contributed by atoms with E-state index in [-0.39, 0.29) is 12.0 Å². The molecule has 0 aromatic rings. The van der Waals surface area contributed by atoms with Crippen LogP contribution in [0.5, 0.6) is 0 Å². The SMILES string of the molecule is CC(OCC1CCCCO1)C(=O)NCC(C)(C)N. The van der Waals surface area contributed by atoms with Gasteiger partial charge in [0.05, 0.1) is 12.7 Å². The van der Waals surface area contributed by atoms with E-state index in [9.17, 15) is 4.79 Å². The first-order valence-corrected chi connectivity index (χ1v) is 6.68. The smallest absolute Gasteiger partial charge is 0.248 e. The molecule has 0 aliphatic carbocycles. The third kappa shape index (κ3) is 6.33. The molecule has 18 heavy (non-hydrogen) atoms. The quantitative estimate of drug-likeness (QED) is 0.739. The van der Waals surface area contributed by atoms with Gasteiger partial charge < -0.3 is 20.5 Å². The van der Waals surface area contributed by atoms with Crippen molar-refractivity contribution in [2.45, 2.75) is 57.8 Å². The van der Waals surface area contributed by atoms with Gasteiger partial charge in [-0.3, -0.25) is 4.79 Å². The zero-order valence-corrected chi connectivity index (χ0v) is 11.7. The number of amides is 1. The first-order chi connectivity index (χ1) is 8.38. The van der Waals surface area contributed by atoms with Crippen LogP contribution < -0.4 is 11.1 Å². The van der Waals surface area contributed by atoms with Crippen LogP contribution in [0.25, 0.3) is 0 Å². The highest BCUT2D eigenvalue weighted by Crippen LogP contribution is 2.13. The maximum atomic E-state index is 11.7. The van der Waals surface area contributed by atoms with Crippen LogP contribution in [-0.4, -0.2) is 43.4 Å². The minimum atomic E-state index is -0.460. The molecule has 1 aliphatic rings. The maximum absolute atomic E-state index is 11.7. The summed E-state index contributed by atoms with van der Waals surface area (Å²) in [5.41, 5.74) is 5.40. The van der Waals surface area contributed by atoms with Crippen LogP contribution in [0, 0.1) is 0 Å². The van der Waals surface area contributed by atoms with Crippen molar-refractivity contribution in [2.75, 3.05) is 19.8 Å². The number of hydrogen-bond donors (Lipinski definition) is 2. The van der Waals surface area contributed by atoms with E-state index >= 15 is 0 Å². The Balaban J connectivity index is 2.18. The lowest BCUT2D eigenvalue weighted by molar-refractivity contribution is -0.135. The number of nitrogens with two attached hydrogens (primary N) is 1. The van der Waals surface area contributed by atoms with E-state index in [1.54, 1.807) is 6.92 Å². The Morgan fingerprint density at radius 2 is 2.28 bits per heavy atom. The largest absolute Gasteiger partial charge is 0.376 e. The van der Waals surface area contributed by atoms with Crippen LogP contribution in [0.2, 0.25) is 0 Å². The van der Waals surface area contributed by atoms with Crippen molar-refractivity contribution in [3.05, 3.63) is 0 Å². The Kier molecular flexibility index (Phi) is 6.05. The number of carbonyl (C=O) groups excluding carboxylic acids is 1. The molecule has 1 saturated heterocycles. The van der Waals surface area contributed by atoms with Crippen molar-refractivity contribution in [1.29, 1.82) is 0 Å². The van der Waals surface area contributed by atoms with Crippen molar-refractivity contribution >= 4 is 5.91 Å². The molecule has 1 heterocycles. The Labute approximate surface area is 109 Å². The summed E-state index contributed by atoms with van der Waals surface area (Å²) in [4.78, 5) is 11.7. The lowest BCUT2D eigenvalue weighted by atomic mass is 10.1. The van der Waals surface area contributed by atoms with E-state index in [1.165, 1.54) is 6.42 Å². The molecule has 3 N–H and O–H groups in total. The van der Waals surface area contributed by atoms with E-state index in [0.29, 0.717) is 13.2 Å². The fourth-order valence-electron chi connectivity index (χ4n) is 1.72. The van der Waals surface area contributed by atoms with E-state index in [4.69, 9.17) is 15.2 Å². The first-order valence-electron chi connectivity index (χ1n) is 6.68. The van der Waals surface area contributed by atoms with Crippen LogP contribution in [0.15, 0.2) is 0 Å². The fourth-order valence-corrected chi connectivity index (χ4v) is 1.72. The van der Waals surface area contributed by atoms with Gasteiger partial charge in [-0.2, -0.15) is 0 Å². The van der Waals surface area contributed by atoms with Gasteiger partial charge in [0.15, 0.2) is 0 Å². The highest BCUT2D eigenvalue weighted by Gasteiger charge is 2.20. The number of carbonyl (C=O) groups is 1. The van der Waals surface area contributed by atoms with Gasteiger partial charge >= 0.3 is 0 Å². The first kappa shape index (κ1) is 15.4. The summed E-state index contributed by atoms with van der Waals surface area (Å²) in [6.45, 7) is 7.22. The van der Waals surface area contributed by atoms with Crippen molar-refractivity contribution in [2.24, 2.45) is 5.73 Å². The second kappa shape index (κ2) is 7.07. The molecule has 1 fully saturated rings. The molecule has 2 atom stereocenters. The third-order valence-corrected chi connectivity index (χ3v) is 2.89. The molecule has 0 aromatic heterocycles. The summed E-state index contributed by atoms with van der Waals surface area (Å²) >= 11 is 0. The number of rotatable bonds is 6. The van der Waals surface area contributed by atoms with Gasteiger partial charge in [-0.15, -0.1) is 0 Å². The van der Waals surface area contributed by atoms with Crippen molar-refractivity contribution in [3.63, 3.8) is 0 Å². The fraction of sp³-hybridized carbons (Fsp3) is 0.923. The van der Waals surface area contributed by atoms with Gasteiger partial charge in [0, 0.05) is 18.7 Å². The molecule has 0 bridgehead atoms. The normalized spacial score (nSPS) is 22.6. The summed E-state index contributed by atoms with van der Waals surface area (Å²) in [6, 6.07) is 0. The molecule has 1 amide bonds. The van der Waals surface area contributed by atoms with Crippen molar-refractivity contribution < 1.29 is 14.3 Å². The third-order valence-electron chi connectivity index (χ3n) is 2.89. The summed E-state index contributed by atoms with van der Waals surface area (Å²) < 4.78 is 11.1. The molecule has 0 spiro atoms. The standard InChI is InChI=1S/C13H26N2O3/c1-10(12(16)15-9-13(2,3)14)18-8-11-6-4-5-7-17-11/h10-11H,4-9,14H2,1-3H3,(H,15,16). The van der Waals surface area contributed by atoms with Crippen LogP contribution in [0.3, 0.4) is 0 Å². The predicted octanol–water partition coefficient (Wildman–Crippen LogP) is 0.814. The molecular weight excluding hydrogens is 232 g/mol. The summed E-state index contributed by atoms with van der Waals surface area (Å²) in [5, 5.41) is 2.78. The summed E-state index contributed by atoms with van der Waals surface area (Å²) in [7, 11) is 0. The lowest BCUT2D eigenvalue weighted by Crippen LogP contribution is -2.48. The van der Waals surface area contributed by atoms with E-state index in [2.05, 4.69) is 5.32 Å². The van der Waals surface area contributed by atoms with Crippen LogP contribution in [0.1, 0.15) is 40.0 Å². The molecule has 0 saturated carbocycles. The minimum absolute atomic E-state index is 0.121. The van der Waals surface area contributed by atoms with Gasteiger partial charge in [0.25, 0.3) is 0 Å². The summed E-state index contributed by atoms with van der Waals surface area (Å²) in [6.07, 6.45) is 3.00. The van der Waals surface area contributed by atoms with E-state index < -0.39 is 11.6 Å². The van der Waals surface area contributed by atoms with Crippen LogP contribution >= 0.6 is 0 Å². The molecule has 1 aliphatic heterocycles. The number of ether oxygens (including phenoxy) is 2. The topological polar surface area (TPSA) is 73.6 Å². The Morgan fingerprint density at radius 1 is 1.56 bits per heavy atom. The highest BCUT2D eigenvalue weighted by atomic mass is 16.5. The predicted molar refractivity (Wildman–Crippen MR) is 70.3 cm³/mol. The number of hydrogen-bond acceptors (Lipinski definition) is 4. The van der Waals surface area contributed by atoms with Crippen molar-refractivity contribution in [3.8, 4) is 0 Å². The van der Waals surface area contributed by atoms with Crippen molar-refractivity contribution in [1.82, 2.24) is 5.32 Å². The number of nitrogens with one attached hydrogen (secondary N) is 1. The molecule has 1 rings (SSSR count). The van der Waals surface area contributed by atoms with Gasteiger partial charge in [-0.1, -0.05) is 0 Å². The molecule has 0 aromatic carbocycles. The minimum Gasteiger partial charge on any atom is -0.376 e. The zero-order valence-electron chi connectivity index (χ0n) is 11.7. The molecule has 5 nitrogen and oxygen atoms in total. The van der Waals surface area contributed by atoms with Gasteiger partial charge in [-0.05, 0) is 40.0 Å². The van der Waals surface area contributed by atoms with Gasteiger partial charge in [0.2, 0.25) is 5.91 Å². The Bertz CT molecular complexity index is 257. The van der Waals surface area contributed by atoms with E-state index in [1.807, 2.05) is 13.8 Å². The second-order valence-corrected chi connectivity index (χ2v) is 5.67. The van der Waals surface area contributed by atoms with Crippen LogP contribution in [-0.2, 0) is 14.3 Å². The molecular formula is C13H26N2O3. The second-order valence-electron chi connectivity index (χ2n) is 5.67. The molecule has 2 unspecified atom stereocenters. The highest BCUT2D eigenvalue weighted by molar-refractivity contribution is 5.80. The Morgan fingerprint density at radius 3 is 2.83 bits per heavy atom. The average molecular weight is 258 g/mol. The molecule has 0 radical (unpaired) electrons. The Hall–Kier alpha value is -0.650. The van der Waals surface area contributed by atoms with E-state index in [0.717, 1.165) is 19.4 Å². The average Bonchev–Trinajstić information content (AvgIpc) is 2.33. The van der Waals surface area contributed by atoms with Gasteiger partial charge in [0.1, 0.15) is 6.10 Å². The monoisotopic (exact) mass is 258 g/mol. The lowest BCUT2D eigenvalue weighted by Gasteiger charge is -2.24. The maximum Gasteiger partial charge on any atom is 0.248 e.